The lowest BCUT2D eigenvalue weighted by Gasteiger charge is -2.25. The number of ether oxygens (including phenoxy) is 1. The van der Waals surface area contributed by atoms with E-state index in [0.29, 0.717) is 11.4 Å². The highest BCUT2D eigenvalue weighted by molar-refractivity contribution is 6.03. The fraction of sp³-hybridized carbons (Fsp3) is 0.333. The van der Waals surface area contributed by atoms with E-state index in [1.807, 2.05) is 18.2 Å². The maximum Gasteiger partial charge on any atom is 0.389 e. The zero-order valence-electron chi connectivity index (χ0n) is 15.7. The second-order valence-electron chi connectivity index (χ2n) is 6.42. The zero-order valence-corrected chi connectivity index (χ0v) is 15.7. The Labute approximate surface area is 166 Å². The van der Waals surface area contributed by atoms with Crippen molar-refractivity contribution in [3.05, 3.63) is 60.2 Å². The molecule has 0 aliphatic rings. The SMILES string of the molecule is O=C(O)CC(=O)N(Cc1ccccc1)c1ccccc1OCCCCC(F)(F)F. The van der Waals surface area contributed by atoms with Gasteiger partial charge in [0, 0.05) is 6.42 Å². The van der Waals surface area contributed by atoms with Crippen LogP contribution in [0.1, 0.15) is 31.2 Å². The predicted molar refractivity (Wildman–Crippen MR) is 102 cm³/mol. The van der Waals surface area contributed by atoms with E-state index in [-0.39, 0.29) is 26.0 Å². The van der Waals surface area contributed by atoms with Crippen molar-refractivity contribution in [3.63, 3.8) is 0 Å². The van der Waals surface area contributed by atoms with Gasteiger partial charge in [0.2, 0.25) is 5.91 Å². The Morgan fingerprint density at radius 3 is 2.28 bits per heavy atom. The Hall–Kier alpha value is -3.03. The molecular weight excluding hydrogens is 387 g/mol. The first-order valence-electron chi connectivity index (χ1n) is 9.11. The van der Waals surface area contributed by atoms with Crippen LogP contribution in [0.25, 0.3) is 0 Å². The first-order valence-corrected chi connectivity index (χ1v) is 9.11. The van der Waals surface area contributed by atoms with Gasteiger partial charge in [0.25, 0.3) is 0 Å². The number of hydrogen-bond donors (Lipinski definition) is 1. The van der Waals surface area contributed by atoms with Crippen LogP contribution in [0.3, 0.4) is 0 Å². The highest BCUT2D eigenvalue weighted by Crippen LogP contribution is 2.30. The number of alkyl halides is 3. The Kier molecular flexibility index (Phi) is 8.06. The van der Waals surface area contributed by atoms with Gasteiger partial charge >= 0.3 is 12.1 Å². The van der Waals surface area contributed by atoms with E-state index >= 15 is 0 Å². The molecule has 0 atom stereocenters. The molecule has 0 aliphatic carbocycles. The van der Waals surface area contributed by atoms with Gasteiger partial charge in [-0.1, -0.05) is 42.5 Å². The van der Waals surface area contributed by atoms with Crippen molar-refractivity contribution in [3.8, 4) is 5.75 Å². The molecule has 0 radical (unpaired) electrons. The largest absolute Gasteiger partial charge is 0.491 e. The molecule has 0 bridgehead atoms. The lowest BCUT2D eigenvalue weighted by molar-refractivity contribution is -0.140. The Morgan fingerprint density at radius 1 is 0.966 bits per heavy atom. The maximum atomic E-state index is 12.6. The number of amides is 1. The smallest absolute Gasteiger partial charge is 0.389 e. The standard InChI is InChI=1S/C21H22F3NO4/c22-21(23,24)12-6-7-13-29-18-11-5-4-10-17(18)25(19(26)14-20(27)28)15-16-8-2-1-3-9-16/h1-5,8-11H,6-7,12-15H2,(H,27,28). The van der Waals surface area contributed by atoms with Crippen molar-refractivity contribution in [2.75, 3.05) is 11.5 Å². The molecule has 156 valence electrons. The van der Waals surface area contributed by atoms with Crippen molar-refractivity contribution < 1.29 is 32.6 Å². The number of carboxylic acid groups (broad SMARTS) is 1. The summed E-state index contributed by atoms with van der Waals surface area (Å²) in [6, 6.07) is 15.6. The number of para-hydroxylation sites is 2. The molecule has 0 saturated carbocycles. The van der Waals surface area contributed by atoms with Crippen LogP contribution < -0.4 is 9.64 Å². The lowest BCUT2D eigenvalue weighted by atomic mass is 10.1. The summed E-state index contributed by atoms with van der Waals surface area (Å²) in [7, 11) is 0. The van der Waals surface area contributed by atoms with Crippen LogP contribution in [0.15, 0.2) is 54.6 Å². The summed E-state index contributed by atoms with van der Waals surface area (Å²) in [6.07, 6.45) is -5.62. The molecule has 2 aromatic carbocycles. The van der Waals surface area contributed by atoms with E-state index in [4.69, 9.17) is 9.84 Å². The number of carbonyl (C=O) groups is 2. The van der Waals surface area contributed by atoms with Gasteiger partial charge in [-0.3, -0.25) is 9.59 Å². The molecule has 0 aliphatic heterocycles. The number of unbranched alkanes of at least 4 members (excludes halogenated alkanes) is 1. The molecule has 0 spiro atoms. The zero-order chi connectivity index (χ0) is 21.3. The van der Waals surface area contributed by atoms with E-state index < -0.39 is 30.9 Å². The van der Waals surface area contributed by atoms with Gasteiger partial charge in [-0.25, -0.2) is 0 Å². The van der Waals surface area contributed by atoms with E-state index in [0.717, 1.165) is 5.56 Å². The number of carboxylic acids is 1. The van der Waals surface area contributed by atoms with Crippen molar-refractivity contribution in [1.29, 1.82) is 0 Å². The van der Waals surface area contributed by atoms with Gasteiger partial charge in [0.15, 0.2) is 0 Å². The lowest BCUT2D eigenvalue weighted by Crippen LogP contribution is -2.32. The number of hydrogen-bond acceptors (Lipinski definition) is 3. The Balaban J connectivity index is 2.15. The average Bonchev–Trinajstić information content (AvgIpc) is 2.65. The highest BCUT2D eigenvalue weighted by atomic mass is 19.4. The van der Waals surface area contributed by atoms with E-state index in [1.165, 1.54) is 4.90 Å². The highest BCUT2D eigenvalue weighted by Gasteiger charge is 2.26. The third-order valence-electron chi connectivity index (χ3n) is 4.06. The fourth-order valence-corrected chi connectivity index (χ4v) is 2.71. The van der Waals surface area contributed by atoms with Gasteiger partial charge in [-0.2, -0.15) is 13.2 Å². The summed E-state index contributed by atoms with van der Waals surface area (Å²) in [4.78, 5) is 24.9. The number of aliphatic carboxylic acids is 1. The quantitative estimate of drug-likeness (QED) is 0.452. The van der Waals surface area contributed by atoms with Crippen LogP contribution in [0.5, 0.6) is 5.75 Å². The minimum atomic E-state index is -4.20. The van der Waals surface area contributed by atoms with Crippen molar-refractivity contribution in [2.24, 2.45) is 0 Å². The summed E-state index contributed by atoms with van der Waals surface area (Å²) < 4.78 is 42.3. The molecule has 5 nitrogen and oxygen atoms in total. The van der Waals surface area contributed by atoms with Crippen LogP contribution in [0, 0.1) is 0 Å². The first-order chi connectivity index (χ1) is 13.8. The van der Waals surface area contributed by atoms with Crippen molar-refractivity contribution in [2.45, 2.75) is 38.4 Å². The van der Waals surface area contributed by atoms with Gasteiger partial charge in [0.1, 0.15) is 12.2 Å². The van der Waals surface area contributed by atoms with Crippen LogP contribution in [0.4, 0.5) is 18.9 Å². The normalized spacial score (nSPS) is 11.1. The number of benzene rings is 2. The van der Waals surface area contributed by atoms with Crippen molar-refractivity contribution in [1.82, 2.24) is 0 Å². The number of carbonyl (C=O) groups excluding carboxylic acids is 1. The number of anilines is 1. The predicted octanol–water partition coefficient (Wildman–Crippen LogP) is 4.81. The van der Waals surface area contributed by atoms with Crippen molar-refractivity contribution >= 4 is 17.6 Å². The molecule has 0 fully saturated rings. The van der Waals surface area contributed by atoms with Crippen LogP contribution >= 0.6 is 0 Å². The maximum absolute atomic E-state index is 12.6. The van der Waals surface area contributed by atoms with E-state index in [1.54, 1.807) is 36.4 Å². The van der Waals surface area contributed by atoms with Gasteiger partial charge in [-0.15, -0.1) is 0 Å². The third-order valence-corrected chi connectivity index (χ3v) is 4.06. The minimum Gasteiger partial charge on any atom is -0.491 e. The van der Waals surface area contributed by atoms with E-state index in [2.05, 4.69) is 0 Å². The second-order valence-corrected chi connectivity index (χ2v) is 6.42. The fourth-order valence-electron chi connectivity index (χ4n) is 2.71. The molecule has 0 saturated heterocycles. The molecule has 2 rings (SSSR count). The molecule has 0 unspecified atom stereocenters. The third kappa shape index (κ3) is 7.85. The molecule has 8 heteroatoms. The molecule has 1 amide bonds. The number of nitrogens with zero attached hydrogens (tertiary/aromatic N) is 1. The van der Waals surface area contributed by atoms with Crippen LogP contribution in [-0.2, 0) is 16.1 Å². The van der Waals surface area contributed by atoms with Crippen LogP contribution in [-0.4, -0.2) is 29.8 Å². The number of rotatable bonds is 10. The summed E-state index contributed by atoms with van der Waals surface area (Å²) in [5.41, 5.74) is 1.17. The topological polar surface area (TPSA) is 66.8 Å². The average molecular weight is 409 g/mol. The Morgan fingerprint density at radius 2 is 1.62 bits per heavy atom. The Bertz CT molecular complexity index is 809. The summed E-state index contributed by atoms with van der Waals surface area (Å²) in [5.74, 6) is -1.55. The second kappa shape index (κ2) is 10.5. The molecule has 0 aromatic heterocycles. The van der Waals surface area contributed by atoms with Crippen LogP contribution in [0.2, 0.25) is 0 Å². The summed E-state index contributed by atoms with van der Waals surface area (Å²) in [5, 5.41) is 9.01. The monoisotopic (exact) mass is 409 g/mol. The molecule has 0 heterocycles. The van der Waals surface area contributed by atoms with Gasteiger partial charge in [0.05, 0.1) is 18.8 Å². The summed E-state index contributed by atoms with van der Waals surface area (Å²) in [6.45, 7) is 0.195. The minimum absolute atomic E-state index is 0.0550. The molecular formula is C21H22F3NO4. The first kappa shape index (κ1) is 22.3. The molecule has 29 heavy (non-hydrogen) atoms. The number of halogens is 3. The van der Waals surface area contributed by atoms with Gasteiger partial charge in [-0.05, 0) is 30.5 Å². The molecule has 2 aromatic rings. The molecule has 1 N–H and O–H groups in total. The van der Waals surface area contributed by atoms with E-state index in [9.17, 15) is 22.8 Å². The summed E-state index contributed by atoms with van der Waals surface area (Å²) >= 11 is 0. The van der Waals surface area contributed by atoms with Gasteiger partial charge < -0.3 is 14.7 Å².